The first-order valence-corrected chi connectivity index (χ1v) is 7.62. The molecule has 9 heteroatoms. The third kappa shape index (κ3) is 4.40. The number of nitrogens with one attached hydrogen (secondary N) is 2. The summed E-state index contributed by atoms with van der Waals surface area (Å²) >= 11 is 0. The lowest BCUT2D eigenvalue weighted by Crippen LogP contribution is -2.39. The van der Waals surface area contributed by atoms with Gasteiger partial charge < -0.3 is 10.1 Å². The smallest absolute Gasteiger partial charge is 0.342 e. The first-order chi connectivity index (χ1) is 11.9. The molecule has 0 aliphatic heterocycles. The van der Waals surface area contributed by atoms with Gasteiger partial charge in [-0.1, -0.05) is 19.9 Å². The van der Waals surface area contributed by atoms with E-state index in [1.807, 2.05) is 25.2 Å². The second-order valence-corrected chi connectivity index (χ2v) is 5.40. The maximum atomic E-state index is 12.3. The summed E-state index contributed by atoms with van der Waals surface area (Å²) in [5, 5.41) is 8.44. The molecule has 0 aliphatic rings. The van der Waals surface area contributed by atoms with Crippen molar-refractivity contribution in [1.82, 2.24) is 25.4 Å². The van der Waals surface area contributed by atoms with Crippen LogP contribution in [0.5, 0.6) is 0 Å². The zero-order chi connectivity index (χ0) is 18.4. The molecule has 2 heterocycles. The van der Waals surface area contributed by atoms with Gasteiger partial charge in [-0.05, 0) is 18.1 Å². The third-order valence-corrected chi connectivity index (χ3v) is 3.25. The Morgan fingerprint density at radius 1 is 1.28 bits per heavy atom. The van der Waals surface area contributed by atoms with Crippen molar-refractivity contribution >= 4 is 17.9 Å². The van der Waals surface area contributed by atoms with Crippen molar-refractivity contribution in [1.29, 1.82) is 0 Å². The van der Waals surface area contributed by atoms with E-state index < -0.39 is 24.5 Å². The molecular formula is C16H19N5O4. The van der Waals surface area contributed by atoms with Gasteiger partial charge in [-0.15, -0.1) is 0 Å². The van der Waals surface area contributed by atoms with E-state index in [2.05, 4.69) is 15.4 Å². The van der Waals surface area contributed by atoms with Crippen LogP contribution in [-0.2, 0) is 9.53 Å². The van der Waals surface area contributed by atoms with E-state index in [0.29, 0.717) is 11.5 Å². The Hall–Kier alpha value is -3.23. The van der Waals surface area contributed by atoms with Crippen LogP contribution < -0.4 is 10.6 Å². The Kier molecular flexibility index (Phi) is 5.83. The van der Waals surface area contributed by atoms with Crippen molar-refractivity contribution in [2.75, 3.05) is 13.7 Å². The van der Waals surface area contributed by atoms with Gasteiger partial charge in [0.2, 0.25) is 0 Å². The molecule has 25 heavy (non-hydrogen) atoms. The molecule has 2 aromatic heterocycles. The van der Waals surface area contributed by atoms with E-state index in [0.717, 1.165) is 0 Å². The summed E-state index contributed by atoms with van der Waals surface area (Å²) in [5.74, 6) is -0.886. The van der Waals surface area contributed by atoms with Crippen molar-refractivity contribution in [2.24, 2.45) is 0 Å². The minimum atomic E-state index is -0.726. The predicted octanol–water partition coefficient (Wildman–Crippen LogP) is 1.00. The molecule has 0 atom stereocenters. The molecule has 0 aliphatic carbocycles. The zero-order valence-electron chi connectivity index (χ0n) is 14.1. The Morgan fingerprint density at radius 3 is 2.64 bits per heavy atom. The van der Waals surface area contributed by atoms with Crippen LogP contribution in [0.4, 0.5) is 4.79 Å². The molecule has 0 unspecified atom stereocenters. The summed E-state index contributed by atoms with van der Waals surface area (Å²) in [6.07, 6.45) is 3.01. The van der Waals surface area contributed by atoms with Gasteiger partial charge in [0.1, 0.15) is 5.56 Å². The van der Waals surface area contributed by atoms with Crippen LogP contribution in [0.2, 0.25) is 0 Å². The lowest BCUT2D eigenvalue weighted by Gasteiger charge is -2.11. The molecule has 0 aromatic carbocycles. The van der Waals surface area contributed by atoms with Crippen molar-refractivity contribution in [3.05, 3.63) is 41.9 Å². The van der Waals surface area contributed by atoms with Crippen LogP contribution in [0.1, 0.15) is 35.8 Å². The van der Waals surface area contributed by atoms with Crippen LogP contribution in [-0.4, -0.2) is 46.3 Å². The summed E-state index contributed by atoms with van der Waals surface area (Å²) < 4.78 is 6.53. The fraction of sp³-hybridized carbons (Fsp3) is 0.312. The number of urea groups is 1. The average molecular weight is 345 g/mol. The van der Waals surface area contributed by atoms with Gasteiger partial charge in [0.15, 0.2) is 12.4 Å². The van der Waals surface area contributed by atoms with E-state index >= 15 is 0 Å². The number of ether oxygens (including phenoxy) is 1. The lowest BCUT2D eigenvalue weighted by molar-refractivity contribution is -0.123. The number of carbonyl (C=O) groups is 3. The molecule has 0 bridgehead atoms. The molecule has 0 radical (unpaired) electrons. The summed E-state index contributed by atoms with van der Waals surface area (Å²) in [7, 11) is 1.37. The Bertz CT molecular complexity index is 770. The molecule has 0 spiro atoms. The van der Waals surface area contributed by atoms with Crippen LogP contribution in [0.25, 0.3) is 5.82 Å². The number of imide groups is 1. The van der Waals surface area contributed by atoms with E-state index in [1.54, 1.807) is 23.0 Å². The second kappa shape index (κ2) is 8.04. The number of hydrogen-bond donors (Lipinski definition) is 2. The Labute approximate surface area is 144 Å². The highest BCUT2D eigenvalue weighted by Gasteiger charge is 2.23. The van der Waals surface area contributed by atoms with Gasteiger partial charge in [0, 0.05) is 13.2 Å². The summed E-state index contributed by atoms with van der Waals surface area (Å²) in [5.41, 5.74) is 0.865. The van der Waals surface area contributed by atoms with Crippen LogP contribution in [0.3, 0.4) is 0 Å². The van der Waals surface area contributed by atoms with Gasteiger partial charge in [-0.2, -0.15) is 5.10 Å². The van der Waals surface area contributed by atoms with Gasteiger partial charge >= 0.3 is 12.0 Å². The first-order valence-electron chi connectivity index (χ1n) is 7.62. The molecule has 2 N–H and O–H groups in total. The standard InChI is InChI=1S/C16H19N5O4/c1-10(2)14-11(8-19-21(14)12-6-4-5-7-18-12)15(23)25-9-13(22)20-16(24)17-3/h4-8,10H,9H2,1-3H3,(H2,17,20,22,24). The Balaban J connectivity index is 2.16. The number of hydrogen-bond acceptors (Lipinski definition) is 6. The SMILES string of the molecule is CNC(=O)NC(=O)COC(=O)c1cnn(-c2ccccn2)c1C(C)C. The summed E-state index contributed by atoms with van der Waals surface area (Å²) in [4.78, 5) is 39.1. The molecule has 132 valence electrons. The van der Waals surface area contributed by atoms with E-state index in [1.165, 1.54) is 13.2 Å². The number of pyridine rings is 1. The quantitative estimate of drug-likeness (QED) is 0.781. The molecule has 3 amide bonds. The molecular weight excluding hydrogens is 326 g/mol. The van der Waals surface area contributed by atoms with Crippen molar-refractivity contribution < 1.29 is 19.1 Å². The molecule has 0 saturated carbocycles. The second-order valence-electron chi connectivity index (χ2n) is 5.40. The highest BCUT2D eigenvalue weighted by atomic mass is 16.5. The van der Waals surface area contributed by atoms with Crippen molar-refractivity contribution in [3.8, 4) is 5.82 Å². The fourth-order valence-corrected chi connectivity index (χ4v) is 2.17. The molecule has 2 rings (SSSR count). The number of nitrogens with zero attached hydrogens (tertiary/aromatic N) is 3. The number of aromatic nitrogens is 3. The molecule has 2 aromatic rings. The van der Waals surface area contributed by atoms with E-state index in [-0.39, 0.29) is 11.5 Å². The van der Waals surface area contributed by atoms with E-state index in [9.17, 15) is 14.4 Å². The third-order valence-electron chi connectivity index (χ3n) is 3.25. The topological polar surface area (TPSA) is 115 Å². The predicted molar refractivity (Wildman–Crippen MR) is 88.3 cm³/mol. The number of amides is 3. The molecule has 9 nitrogen and oxygen atoms in total. The normalized spacial score (nSPS) is 10.4. The zero-order valence-corrected chi connectivity index (χ0v) is 14.1. The maximum absolute atomic E-state index is 12.3. The van der Waals surface area contributed by atoms with Crippen LogP contribution in [0.15, 0.2) is 30.6 Å². The highest BCUT2D eigenvalue weighted by Crippen LogP contribution is 2.22. The minimum Gasteiger partial charge on any atom is -0.452 e. The Morgan fingerprint density at radius 2 is 2.04 bits per heavy atom. The van der Waals surface area contributed by atoms with Gasteiger partial charge in [0.05, 0.1) is 11.9 Å². The van der Waals surface area contributed by atoms with Gasteiger partial charge in [0.25, 0.3) is 5.91 Å². The number of esters is 1. The number of rotatable bonds is 5. The summed E-state index contributed by atoms with van der Waals surface area (Å²) in [6, 6.07) is 4.69. The highest BCUT2D eigenvalue weighted by molar-refractivity contribution is 5.97. The van der Waals surface area contributed by atoms with E-state index in [4.69, 9.17) is 4.74 Å². The summed E-state index contributed by atoms with van der Waals surface area (Å²) in [6.45, 7) is 3.25. The van der Waals surface area contributed by atoms with Gasteiger partial charge in [-0.25, -0.2) is 19.3 Å². The average Bonchev–Trinajstić information content (AvgIpc) is 3.05. The first kappa shape index (κ1) is 18.1. The fourth-order valence-electron chi connectivity index (χ4n) is 2.17. The lowest BCUT2D eigenvalue weighted by atomic mass is 10.1. The monoisotopic (exact) mass is 345 g/mol. The van der Waals surface area contributed by atoms with Crippen LogP contribution in [0, 0.1) is 0 Å². The number of carbonyl (C=O) groups excluding carboxylic acids is 3. The maximum Gasteiger partial charge on any atom is 0.342 e. The molecule has 0 fully saturated rings. The minimum absolute atomic E-state index is 0.0354. The molecule has 0 saturated heterocycles. The van der Waals surface area contributed by atoms with Crippen molar-refractivity contribution in [2.45, 2.75) is 19.8 Å². The van der Waals surface area contributed by atoms with Gasteiger partial charge in [-0.3, -0.25) is 10.1 Å². The largest absolute Gasteiger partial charge is 0.452 e. The van der Waals surface area contributed by atoms with Crippen molar-refractivity contribution in [3.63, 3.8) is 0 Å². The van der Waals surface area contributed by atoms with Crippen LogP contribution >= 0.6 is 0 Å².